The molecule has 14 heavy (non-hydrogen) atoms. The monoisotopic (exact) mass is 200 g/mol. The van der Waals surface area contributed by atoms with Gasteiger partial charge in [0.05, 0.1) is 19.8 Å². The zero-order valence-corrected chi connectivity index (χ0v) is 8.82. The van der Waals surface area contributed by atoms with Gasteiger partial charge in [0.15, 0.2) is 6.29 Å². The molecule has 0 aromatic heterocycles. The number of hydrogen-bond donors (Lipinski definition) is 1. The molecule has 0 aromatic rings. The fourth-order valence-electron chi connectivity index (χ4n) is 1.05. The van der Waals surface area contributed by atoms with Crippen LogP contribution in [-0.2, 0) is 9.47 Å². The van der Waals surface area contributed by atoms with E-state index in [9.17, 15) is 0 Å². The highest BCUT2D eigenvalue weighted by Crippen LogP contribution is 2.13. The third kappa shape index (κ3) is 5.17. The summed E-state index contributed by atoms with van der Waals surface area (Å²) in [6.07, 6.45) is 3.76. The van der Waals surface area contributed by atoms with Crippen molar-refractivity contribution < 1.29 is 14.6 Å². The highest BCUT2D eigenvalue weighted by molar-refractivity contribution is 4.70. The summed E-state index contributed by atoms with van der Waals surface area (Å²) < 4.78 is 10.8. The minimum Gasteiger partial charge on any atom is -0.396 e. The molecule has 0 heterocycles. The Labute approximate surface area is 86.0 Å². The lowest BCUT2D eigenvalue weighted by Gasteiger charge is -2.24. The fourth-order valence-corrected chi connectivity index (χ4v) is 1.05. The van der Waals surface area contributed by atoms with Crippen molar-refractivity contribution in [2.45, 2.75) is 19.6 Å². The summed E-state index contributed by atoms with van der Waals surface area (Å²) in [4.78, 5) is 0. The lowest BCUT2D eigenvalue weighted by atomic mass is 10.1. The van der Waals surface area contributed by atoms with Gasteiger partial charge in [0, 0.05) is 5.92 Å². The summed E-state index contributed by atoms with van der Waals surface area (Å²) >= 11 is 0. The second-order valence-corrected chi connectivity index (χ2v) is 2.96. The van der Waals surface area contributed by atoms with Crippen LogP contribution in [0.4, 0.5) is 0 Å². The summed E-state index contributed by atoms with van der Waals surface area (Å²) in [5, 5.41) is 9.08. The van der Waals surface area contributed by atoms with Gasteiger partial charge in [0.1, 0.15) is 0 Å². The van der Waals surface area contributed by atoms with E-state index in [1.807, 2.05) is 6.92 Å². The van der Waals surface area contributed by atoms with E-state index in [1.54, 1.807) is 12.2 Å². The molecule has 0 radical (unpaired) electrons. The van der Waals surface area contributed by atoms with Crippen LogP contribution in [-0.4, -0.2) is 31.2 Å². The molecule has 1 atom stereocenters. The van der Waals surface area contributed by atoms with E-state index in [-0.39, 0.29) is 18.8 Å². The third-order valence-electron chi connectivity index (χ3n) is 1.90. The first-order valence-corrected chi connectivity index (χ1v) is 4.85. The highest BCUT2D eigenvalue weighted by Gasteiger charge is 2.19. The normalized spacial score (nSPS) is 12.8. The minimum atomic E-state index is -0.374. The maximum Gasteiger partial charge on any atom is 0.163 e. The zero-order chi connectivity index (χ0) is 10.8. The first-order chi connectivity index (χ1) is 6.79. The van der Waals surface area contributed by atoms with E-state index >= 15 is 0 Å². The molecule has 0 aliphatic heterocycles. The van der Waals surface area contributed by atoms with E-state index in [0.717, 1.165) is 6.42 Å². The van der Waals surface area contributed by atoms with Crippen molar-refractivity contribution >= 4 is 0 Å². The fraction of sp³-hybridized carbons (Fsp3) is 0.636. The van der Waals surface area contributed by atoms with Crippen molar-refractivity contribution in [3.8, 4) is 0 Å². The van der Waals surface area contributed by atoms with Crippen LogP contribution in [0, 0.1) is 5.92 Å². The molecule has 0 spiro atoms. The first-order valence-electron chi connectivity index (χ1n) is 4.85. The van der Waals surface area contributed by atoms with Crippen molar-refractivity contribution in [1.29, 1.82) is 0 Å². The van der Waals surface area contributed by atoms with Gasteiger partial charge in [-0.1, -0.05) is 19.1 Å². The lowest BCUT2D eigenvalue weighted by Crippen LogP contribution is -2.29. The molecule has 0 aliphatic carbocycles. The summed E-state index contributed by atoms with van der Waals surface area (Å²) in [7, 11) is 0. The van der Waals surface area contributed by atoms with Gasteiger partial charge >= 0.3 is 0 Å². The molecule has 3 heteroatoms. The molecule has 1 unspecified atom stereocenters. The highest BCUT2D eigenvalue weighted by atomic mass is 16.7. The first kappa shape index (κ1) is 13.4. The summed E-state index contributed by atoms with van der Waals surface area (Å²) in [5.41, 5.74) is 0. The van der Waals surface area contributed by atoms with Crippen LogP contribution >= 0.6 is 0 Å². The van der Waals surface area contributed by atoms with E-state index in [2.05, 4.69) is 13.2 Å². The predicted octanol–water partition coefficient (Wildman–Crippen LogP) is 1.74. The number of aliphatic hydroxyl groups is 1. The van der Waals surface area contributed by atoms with Crippen LogP contribution < -0.4 is 0 Å². The van der Waals surface area contributed by atoms with Crippen LogP contribution in [0.5, 0.6) is 0 Å². The Balaban J connectivity index is 4.04. The van der Waals surface area contributed by atoms with Crippen LogP contribution in [0.1, 0.15) is 13.3 Å². The Morgan fingerprint density at radius 1 is 1.21 bits per heavy atom. The van der Waals surface area contributed by atoms with E-state index in [4.69, 9.17) is 14.6 Å². The topological polar surface area (TPSA) is 38.7 Å². The SMILES string of the molecule is C=CCOC(OCC=C)C(CC)CO. The second-order valence-electron chi connectivity index (χ2n) is 2.96. The van der Waals surface area contributed by atoms with Crippen molar-refractivity contribution in [1.82, 2.24) is 0 Å². The number of aliphatic hydroxyl groups excluding tert-OH is 1. The largest absolute Gasteiger partial charge is 0.396 e. The molecule has 0 amide bonds. The molecule has 0 rings (SSSR count). The Bertz CT molecular complexity index is 141. The van der Waals surface area contributed by atoms with Gasteiger partial charge in [-0.3, -0.25) is 0 Å². The standard InChI is InChI=1S/C11H20O3/c1-4-7-13-11(14-8-5-2)10(6-3)9-12/h4-5,10-12H,1-2,6-9H2,3H3. The number of rotatable bonds is 9. The number of hydrogen-bond acceptors (Lipinski definition) is 3. The average molecular weight is 200 g/mol. The minimum absolute atomic E-state index is 0.00917. The molecule has 0 saturated heterocycles. The van der Waals surface area contributed by atoms with Crippen LogP contribution in [0.2, 0.25) is 0 Å². The summed E-state index contributed by atoms with van der Waals surface area (Å²) in [6, 6.07) is 0. The Hall–Kier alpha value is -0.640. The molecule has 82 valence electrons. The Morgan fingerprint density at radius 2 is 1.71 bits per heavy atom. The summed E-state index contributed by atoms with van der Waals surface area (Å²) in [5.74, 6) is 0.00917. The van der Waals surface area contributed by atoms with Crippen molar-refractivity contribution in [2.75, 3.05) is 19.8 Å². The Kier molecular flexibility index (Phi) is 8.53. The molecule has 0 bridgehead atoms. The molecular formula is C11H20O3. The van der Waals surface area contributed by atoms with Crippen LogP contribution in [0.15, 0.2) is 25.3 Å². The van der Waals surface area contributed by atoms with E-state index < -0.39 is 0 Å². The van der Waals surface area contributed by atoms with Gasteiger partial charge in [0.2, 0.25) is 0 Å². The van der Waals surface area contributed by atoms with Crippen molar-refractivity contribution in [3.63, 3.8) is 0 Å². The molecule has 0 fully saturated rings. The lowest BCUT2D eigenvalue weighted by molar-refractivity contribution is -0.166. The van der Waals surface area contributed by atoms with Gasteiger partial charge in [-0.25, -0.2) is 0 Å². The third-order valence-corrected chi connectivity index (χ3v) is 1.90. The smallest absolute Gasteiger partial charge is 0.163 e. The van der Waals surface area contributed by atoms with Crippen molar-refractivity contribution in [3.05, 3.63) is 25.3 Å². The summed E-state index contributed by atoms with van der Waals surface area (Å²) in [6.45, 7) is 10.0. The van der Waals surface area contributed by atoms with Gasteiger partial charge in [-0.15, -0.1) is 13.2 Å². The molecule has 3 nitrogen and oxygen atoms in total. The van der Waals surface area contributed by atoms with Gasteiger partial charge < -0.3 is 14.6 Å². The van der Waals surface area contributed by atoms with E-state index in [1.165, 1.54) is 0 Å². The molecule has 0 aromatic carbocycles. The maximum absolute atomic E-state index is 9.08. The molecule has 0 aliphatic rings. The Morgan fingerprint density at radius 3 is 2.00 bits per heavy atom. The van der Waals surface area contributed by atoms with Crippen LogP contribution in [0.25, 0.3) is 0 Å². The molecule has 1 N–H and O–H groups in total. The van der Waals surface area contributed by atoms with Gasteiger partial charge in [-0.05, 0) is 6.42 Å². The predicted molar refractivity (Wildman–Crippen MR) is 57.0 cm³/mol. The second kappa shape index (κ2) is 8.94. The maximum atomic E-state index is 9.08. The average Bonchev–Trinajstić information content (AvgIpc) is 2.22. The van der Waals surface area contributed by atoms with Gasteiger partial charge in [-0.2, -0.15) is 0 Å². The number of ether oxygens (including phenoxy) is 2. The molecule has 0 saturated carbocycles. The zero-order valence-electron chi connectivity index (χ0n) is 8.82. The van der Waals surface area contributed by atoms with Gasteiger partial charge in [0.25, 0.3) is 0 Å². The van der Waals surface area contributed by atoms with Crippen molar-refractivity contribution in [2.24, 2.45) is 5.92 Å². The van der Waals surface area contributed by atoms with E-state index in [0.29, 0.717) is 13.2 Å². The van der Waals surface area contributed by atoms with Crippen LogP contribution in [0.3, 0.4) is 0 Å². The quantitative estimate of drug-likeness (QED) is 0.455. The molecular weight excluding hydrogens is 180 g/mol.